The van der Waals surface area contributed by atoms with Gasteiger partial charge in [0.2, 0.25) is 5.16 Å². The average Bonchev–Trinajstić information content (AvgIpc) is 3.53. The van der Waals surface area contributed by atoms with E-state index in [1.807, 2.05) is 16.8 Å². The van der Waals surface area contributed by atoms with Gasteiger partial charge in [0.1, 0.15) is 49.7 Å². The van der Waals surface area contributed by atoms with Crippen molar-refractivity contribution in [2.24, 2.45) is 0 Å². The molecule has 4 atom stereocenters. The molecular formula is C18H26N5O5S+. The van der Waals surface area contributed by atoms with Crippen molar-refractivity contribution in [1.82, 2.24) is 20.2 Å². The van der Waals surface area contributed by atoms with Crippen LogP contribution in [0.5, 0.6) is 0 Å². The summed E-state index contributed by atoms with van der Waals surface area (Å²) in [6, 6.07) is 3.77. The first-order valence-corrected chi connectivity index (χ1v) is 11.1. The van der Waals surface area contributed by atoms with E-state index < -0.39 is 0 Å². The molecule has 0 radical (unpaired) electrons. The van der Waals surface area contributed by atoms with Crippen molar-refractivity contribution < 1.29 is 28.3 Å². The topological polar surface area (TPSA) is 98.1 Å². The van der Waals surface area contributed by atoms with E-state index in [0.717, 1.165) is 43.8 Å². The van der Waals surface area contributed by atoms with Crippen LogP contribution in [-0.4, -0.2) is 91.2 Å². The van der Waals surface area contributed by atoms with Crippen LogP contribution in [0, 0.1) is 0 Å². The molecule has 11 heteroatoms. The van der Waals surface area contributed by atoms with E-state index in [1.54, 1.807) is 18.0 Å². The summed E-state index contributed by atoms with van der Waals surface area (Å²) in [7, 11) is 0. The molecule has 10 nitrogen and oxygen atoms in total. The fourth-order valence-electron chi connectivity index (χ4n) is 4.08. The zero-order valence-corrected chi connectivity index (χ0v) is 17.0. The zero-order chi connectivity index (χ0) is 19.5. The predicted molar refractivity (Wildman–Crippen MR) is 101 cm³/mol. The van der Waals surface area contributed by atoms with Crippen molar-refractivity contribution in [3.63, 3.8) is 0 Å². The van der Waals surface area contributed by atoms with Gasteiger partial charge in [0, 0.05) is 0 Å². The van der Waals surface area contributed by atoms with Gasteiger partial charge >= 0.3 is 0 Å². The Kier molecular flexibility index (Phi) is 6.11. The molecule has 5 rings (SSSR count). The van der Waals surface area contributed by atoms with Gasteiger partial charge in [0.15, 0.2) is 0 Å². The lowest BCUT2D eigenvalue weighted by Crippen LogP contribution is -3.14. The number of nitrogens with zero attached hydrogens (tertiary/aromatic N) is 4. The van der Waals surface area contributed by atoms with Crippen LogP contribution in [0.15, 0.2) is 28.0 Å². The maximum Gasteiger partial charge on any atom is 0.210 e. The molecule has 0 amide bonds. The summed E-state index contributed by atoms with van der Waals surface area (Å²) in [5, 5.41) is 13.0. The van der Waals surface area contributed by atoms with E-state index in [0.29, 0.717) is 25.6 Å². The van der Waals surface area contributed by atoms with Crippen LogP contribution in [0.2, 0.25) is 0 Å². The maximum atomic E-state index is 6.12. The first-order chi connectivity index (χ1) is 14.4. The number of morpholine rings is 1. The summed E-state index contributed by atoms with van der Waals surface area (Å²) in [6.07, 6.45) is 1.46. The van der Waals surface area contributed by atoms with Crippen molar-refractivity contribution in [2.75, 3.05) is 52.7 Å². The third-order valence-electron chi connectivity index (χ3n) is 5.67. The number of ether oxygens (including phenoxy) is 4. The third kappa shape index (κ3) is 4.35. The lowest BCUT2D eigenvalue weighted by molar-refractivity contribution is -0.908. The van der Waals surface area contributed by atoms with Gasteiger partial charge in [-0.2, -0.15) is 0 Å². The molecule has 5 heterocycles. The number of thioether (sulfide) groups is 1. The molecule has 3 aliphatic rings. The predicted octanol–water partition coefficient (Wildman–Crippen LogP) is -0.803. The second-order valence-corrected chi connectivity index (χ2v) is 8.40. The summed E-state index contributed by atoms with van der Waals surface area (Å²) in [5.41, 5.74) is 0. The van der Waals surface area contributed by atoms with Crippen LogP contribution in [-0.2, 0) is 24.7 Å². The molecule has 1 N–H and O–H groups in total. The summed E-state index contributed by atoms with van der Waals surface area (Å²) in [6.45, 7) is 6.52. The fourth-order valence-corrected chi connectivity index (χ4v) is 4.91. The SMILES string of the molecule is c1coc(CSc2nnnn2[C@H]2CO[C@H]3[C@@H]2OC[C@H]3OCC[NH+]2CCOCC2)c1. The molecule has 3 saturated heterocycles. The Morgan fingerprint density at radius 2 is 2.10 bits per heavy atom. The molecule has 0 spiro atoms. The van der Waals surface area contributed by atoms with Crippen molar-refractivity contribution in [3.8, 4) is 0 Å². The highest BCUT2D eigenvalue weighted by atomic mass is 32.2. The van der Waals surface area contributed by atoms with Gasteiger partial charge in [-0.15, -0.1) is 5.10 Å². The number of quaternary nitrogens is 1. The van der Waals surface area contributed by atoms with Crippen LogP contribution in [0.4, 0.5) is 0 Å². The van der Waals surface area contributed by atoms with E-state index in [9.17, 15) is 0 Å². The summed E-state index contributed by atoms with van der Waals surface area (Å²) >= 11 is 1.54. The van der Waals surface area contributed by atoms with E-state index in [2.05, 4.69) is 15.5 Å². The van der Waals surface area contributed by atoms with Crippen molar-refractivity contribution in [2.45, 2.75) is 35.3 Å². The molecule has 0 aromatic carbocycles. The smallest absolute Gasteiger partial charge is 0.210 e. The van der Waals surface area contributed by atoms with E-state index >= 15 is 0 Å². The second-order valence-electron chi connectivity index (χ2n) is 7.46. The first-order valence-electron chi connectivity index (χ1n) is 10.1. The van der Waals surface area contributed by atoms with Crippen LogP contribution in [0.3, 0.4) is 0 Å². The lowest BCUT2D eigenvalue weighted by atomic mass is 10.1. The van der Waals surface area contributed by atoms with E-state index in [4.69, 9.17) is 23.4 Å². The number of aromatic nitrogens is 4. The van der Waals surface area contributed by atoms with Gasteiger partial charge in [-0.1, -0.05) is 11.8 Å². The minimum Gasteiger partial charge on any atom is -0.468 e. The number of tetrazole rings is 1. The zero-order valence-electron chi connectivity index (χ0n) is 16.1. The summed E-state index contributed by atoms with van der Waals surface area (Å²) < 4.78 is 30.8. The summed E-state index contributed by atoms with van der Waals surface area (Å²) in [4.78, 5) is 1.53. The summed E-state index contributed by atoms with van der Waals surface area (Å²) in [5.74, 6) is 1.56. The molecule has 3 aliphatic heterocycles. The fraction of sp³-hybridized carbons (Fsp3) is 0.722. The average molecular weight is 425 g/mol. The Bertz CT molecular complexity index is 769. The normalized spacial score (nSPS) is 30.1. The minimum atomic E-state index is -0.0952. The van der Waals surface area contributed by atoms with Gasteiger partial charge in [0.25, 0.3) is 0 Å². The highest BCUT2D eigenvalue weighted by molar-refractivity contribution is 7.98. The van der Waals surface area contributed by atoms with E-state index in [-0.39, 0.29) is 24.4 Å². The first kappa shape index (κ1) is 19.5. The Labute approximate surface area is 172 Å². The number of rotatable bonds is 8. The molecule has 0 saturated carbocycles. The standard InChI is InChI=1S/C18H25N5O5S/c1-2-13(25-6-1)12-29-18-19-20-21-23(18)14-10-27-17-15(11-28-16(14)17)26-9-5-22-3-7-24-8-4-22/h1-2,6,14-17H,3-5,7-12H2/p+1/t14-,15+,16+,17+/m0/s1. The van der Waals surface area contributed by atoms with Gasteiger partial charge in [0.05, 0.1) is 45.1 Å². The second kappa shape index (κ2) is 9.11. The van der Waals surface area contributed by atoms with Gasteiger partial charge < -0.3 is 28.3 Å². The number of fused-ring (bicyclic) bond motifs is 1. The number of hydrogen-bond acceptors (Lipinski definition) is 9. The minimum absolute atomic E-state index is 0.0406. The Hall–Kier alpha value is -1.50. The van der Waals surface area contributed by atoms with Crippen LogP contribution in [0.25, 0.3) is 0 Å². The Morgan fingerprint density at radius 1 is 1.21 bits per heavy atom. The molecule has 0 aliphatic carbocycles. The molecule has 2 aromatic heterocycles. The number of hydrogen-bond donors (Lipinski definition) is 1. The van der Waals surface area contributed by atoms with Gasteiger partial charge in [-0.05, 0) is 22.6 Å². The Balaban J connectivity index is 1.15. The molecular weight excluding hydrogens is 398 g/mol. The lowest BCUT2D eigenvalue weighted by Gasteiger charge is -2.24. The molecule has 29 heavy (non-hydrogen) atoms. The maximum absolute atomic E-state index is 6.12. The molecule has 2 aromatic rings. The highest BCUT2D eigenvalue weighted by Crippen LogP contribution is 2.36. The van der Waals surface area contributed by atoms with Crippen molar-refractivity contribution in [3.05, 3.63) is 24.2 Å². The van der Waals surface area contributed by atoms with Crippen LogP contribution >= 0.6 is 11.8 Å². The monoisotopic (exact) mass is 424 g/mol. The van der Waals surface area contributed by atoms with Crippen molar-refractivity contribution >= 4 is 11.8 Å². The third-order valence-corrected chi connectivity index (χ3v) is 6.63. The van der Waals surface area contributed by atoms with E-state index in [1.165, 1.54) is 4.90 Å². The number of furan rings is 1. The van der Waals surface area contributed by atoms with Gasteiger partial charge in [-0.3, -0.25) is 0 Å². The number of nitrogens with one attached hydrogen (secondary N) is 1. The largest absolute Gasteiger partial charge is 0.468 e. The quantitative estimate of drug-likeness (QED) is 0.546. The highest BCUT2D eigenvalue weighted by Gasteiger charge is 2.50. The van der Waals surface area contributed by atoms with Crippen LogP contribution in [0.1, 0.15) is 11.8 Å². The van der Waals surface area contributed by atoms with Gasteiger partial charge in [-0.25, -0.2) is 4.68 Å². The van der Waals surface area contributed by atoms with Crippen molar-refractivity contribution in [1.29, 1.82) is 0 Å². The molecule has 3 fully saturated rings. The van der Waals surface area contributed by atoms with Crippen LogP contribution < -0.4 is 4.90 Å². The molecule has 0 unspecified atom stereocenters. The molecule has 0 bridgehead atoms. The molecule has 158 valence electrons. The Morgan fingerprint density at radius 3 is 2.97 bits per heavy atom.